The van der Waals surface area contributed by atoms with Gasteiger partial charge in [0.1, 0.15) is 0 Å². The lowest BCUT2D eigenvalue weighted by Crippen LogP contribution is -2.43. The molecule has 0 aliphatic heterocycles. The van der Waals surface area contributed by atoms with Gasteiger partial charge in [0.2, 0.25) is 0 Å². The van der Waals surface area contributed by atoms with Gasteiger partial charge in [0, 0.05) is 0 Å². The minimum absolute atomic E-state index is 0.101. The van der Waals surface area contributed by atoms with Crippen molar-refractivity contribution in [2.75, 3.05) is 0 Å². The van der Waals surface area contributed by atoms with Gasteiger partial charge in [-0.1, -0.05) is 27.7 Å². The van der Waals surface area contributed by atoms with Gasteiger partial charge in [-0.15, -0.1) is 0 Å². The van der Waals surface area contributed by atoms with E-state index in [4.69, 9.17) is 10.6 Å². The summed E-state index contributed by atoms with van der Waals surface area (Å²) in [5, 5.41) is 8.92. The third-order valence-corrected chi connectivity index (χ3v) is 3.21. The van der Waals surface area contributed by atoms with Crippen LogP contribution < -0.4 is 0 Å². The summed E-state index contributed by atoms with van der Waals surface area (Å²) in [6.07, 6.45) is 0. The first-order chi connectivity index (χ1) is 6.28. The van der Waals surface area contributed by atoms with E-state index in [1.165, 1.54) is 0 Å². The molecule has 4 heteroatoms. The molecule has 0 bridgehead atoms. The molecule has 0 saturated heterocycles. The zero-order valence-corrected chi connectivity index (χ0v) is 9.40. The van der Waals surface area contributed by atoms with Gasteiger partial charge in [-0.2, -0.15) is 4.79 Å². The maximum atomic E-state index is 10.9. The first-order valence-corrected chi connectivity index (χ1v) is 4.74. The van der Waals surface area contributed by atoms with E-state index in [0.29, 0.717) is 0 Å². The second-order valence-electron chi connectivity index (χ2n) is 4.35. The molecule has 0 amide bonds. The molecular formula is C10H18N2O2. The van der Waals surface area contributed by atoms with Crippen molar-refractivity contribution in [2.45, 2.75) is 34.6 Å². The van der Waals surface area contributed by atoms with E-state index in [1.807, 2.05) is 34.6 Å². The molecule has 80 valence electrons. The molecule has 0 unspecified atom stereocenters. The van der Waals surface area contributed by atoms with Gasteiger partial charge in [-0.25, -0.2) is 4.79 Å². The zero-order chi connectivity index (χ0) is 11.5. The Morgan fingerprint density at radius 3 is 1.71 bits per heavy atom. The number of carboxylic acids is 1. The van der Waals surface area contributed by atoms with E-state index in [0.717, 1.165) is 0 Å². The van der Waals surface area contributed by atoms with Gasteiger partial charge in [0.05, 0.1) is 5.41 Å². The molecule has 14 heavy (non-hydrogen) atoms. The van der Waals surface area contributed by atoms with Crippen LogP contribution in [0.15, 0.2) is 0 Å². The van der Waals surface area contributed by atoms with E-state index in [-0.39, 0.29) is 17.5 Å². The van der Waals surface area contributed by atoms with Crippen LogP contribution in [0.2, 0.25) is 0 Å². The number of hydrogen-bond donors (Lipinski definition) is 1. The number of nitrogens with zero attached hydrogens (tertiary/aromatic N) is 2. The molecule has 0 aromatic carbocycles. The summed E-state index contributed by atoms with van der Waals surface area (Å²) < 4.78 is 0. The third-order valence-electron chi connectivity index (χ3n) is 3.21. The number of carboxylic acid groups (broad SMARTS) is 1. The lowest BCUT2D eigenvalue weighted by molar-refractivity contribution is -0.136. The number of carbonyl (C=O) groups is 1. The molecule has 0 atom stereocenters. The molecule has 4 nitrogen and oxygen atoms in total. The third kappa shape index (κ3) is 2.02. The molecule has 0 aromatic rings. The van der Waals surface area contributed by atoms with E-state index < -0.39 is 11.4 Å². The predicted molar refractivity (Wildman–Crippen MR) is 54.0 cm³/mol. The lowest BCUT2D eigenvalue weighted by atomic mass is 9.67. The van der Waals surface area contributed by atoms with Crippen molar-refractivity contribution in [3.8, 4) is 0 Å². The average Bonchev–Trinajstić information content (AvgIpc) is 2.03. The molecule has 0 aromatic heterocycles. The molecule has 0 saturated carbocycles. The summed E-state index contributed by atoms with van der Waals surface area (Å²) in [7, 11) is 0. The zero-order valence-electron chi connectivity index (χ0n) is 9.40. The highest BCUT2D eigenvalue weighted by Crippen LogP contribution is 2.36. The van der Waals surface area contributed by atoms with Crippen LogP contribution in [0, 0.1) is 17.3 Å². The van der Waals surface area contributed by atoms with E-state index in [1.54, 1.807) is 0 Å². The van der Waals surface area contributed by atoms with Crippen LogP contribution in [0.4, 0.5) is 0 Å². The minimum Gasteiger partial charge on any atom is -0.473 e. The first-order valence-electron chi connectivity index (χ1n) is 4.74. The topological polar surface area (TPSA) is 73.7 Å². The largest absolute Gasteiger partial charge is 0.473 e. The molecule has 0 rings (SSSR count). The van der Waals surface area contributed by atoms with E-state index in [9.17, 15) is 4.79 Å². The van der Waals surface area contributed by atoms with Crippen LogP contribution in [-0.4, -0.2) is 21.6 Å². The van der Waals surface area contributed by atoms with Gasteiger partial charge in [-0.05, 0) is 18.8 Å². The second-order valence-corrected chi connectivity index (χ2v) is 4.35. The minimum atomic E-state index is -1.16. The van der Waals surface area contributed by atoms with Crippen molar-refractivity contribution in [1.82, 2.24) is 0 Å². The molecule has 1 N–H and O–H groups in total. The quantitative estimate of drug-likeness (QED) is 0.426. The van der Waals surface area contributed by atoms with Gasteiger partial charge >= 0.3 is 11.7 Å². The average molecular weight is 198 g/mol. The summed E-state index contributed by atoms with van der Waals surface area (Å²) in [4.78, 5) is 13.8. The van der Waals surface area contributed by atoms with Crippen molar-refractivity contribution in [1.29, 1.82) is 0 Å². The van der Waals surface area contributed by atoms with Gasteiger partial charge in [0.25, 0.3) is 0 Å². The Labute approximate surface area is 84.6 Å². The van der Waals surface area contributed by atoms with Crippen LogP contribution in [0.25, 0.3) is 5.53 Å². The summed E-state index contributed by atoms with van der Waals surface area (Å²) >= 11 is 0. The monoisotopic (exact) mass is 198 g/mol. The smallest absolute Gasteiger partial charge is 0.415 e. The van der Waals surface area contributed by atoms with E-state index >= 15 is 0 Å². The Bertz CT molecular complexity index is 268. The van der Waals surface area contributed by atoms with Crippen LogP contribution in [0.5, 0.6) is 0 Å². The van der Waals surface area contributed by atoms with Crippen molar-refractivity contribution >= 4 is 11.7 Å². The number of aliphatic carboxylic acids is 1. The van der Waals surface area contributed by atoms with Crippen LogP contribution in [0.1, 0.15) is 34.6 Å². The Morgan fingerprint density at radius 1 is 1.29 bits per heavy atom. The highest BCUT2D eigenvalue weighted by atomic mass is 16.4. The molecular weight excluding hydrogens is 180 g/mol. The summed E-state index contributed by atoms with van der Waals surface area (Å²) in [6, 6.07) is 0. The Hall–Kier alpha value is -1.15. The summed E-state index contributed by atoms with van der Waals surface area (Å²) in [5.41, 5.74) is 7.96. The highest BCUT2D eigenvalue weighted by Gasteiger charge is 2.47. The van der Waals surface area contributed by atoms with E-state index in [2.05, 4.69) is 4.79 Å². The van der Waals surface area contributed by atoms with Crippen molar-refractivity contribution < 1.29 is 14.7 Å². The maximum absolute atomic E-state index is 10.9. The van der Waals surface area contributed by atoms with Crippen molar-refractivity contribution in [3.05, 3.63) is 5.53 Å². The molecule has 0 radical (unpaired) electrons. The van der Waals surface area contributed by atoms with Crippen LogP contribution >= 0.6 is 0 Å². The molecule has 0 fully saturated rings. The Balaban J connectivity index is 5.42. The van der Waals surface area contributed by atoms with Gasteiger partial charge in [-0.3, -0.25) is 0 Å². The maximum Gasteiger partial charge on any atom is 0.415 e. The summed E-state index contributed by atoms with van der Waals surface area (Å²) in [5.74, 6) is -0.952. The fourth-order valence-electron chi connectivity index (χ4n) is 1.59. The normalized spacial score (nSPS) is 11.6. The fraction of sp³-hybridized carbons (Fsp3) is 0.800. The Kier molecular flexibility index (Phi) is 4.02. The molecule has 0 aliphatic carbocycles. The van der Waals surface area contributed by atoms with Crippen molar-refractivity contribution in [2.24, 2.45) is 17.3 Å². The van der Waals surface area contributed by atoms with Crippen molar-refractivity contribution in [3.63, 3.8) is 0 Å². The number of rotatable bonds is 4. The van der Waals surface area contributed by atoms with Crippen LogP contribution in [0.3, 0.4) is 0 Å². The summed E-state index contributed by atoms with van der Waals surface area (Å²) in [6.45, 7) is 9.51. The molecule has 0 heterocycles. The first kappa shape index (κ1) is 12.8. The molecule has 0 aliphatic rings. The van der Waals surface area contributed by atoms with Gasteiger partial charge < -0.3 is 10.6 Å². The standard InChI is InChI=1S/C10H18N2O2/c1-6(2)10(5,7(3)4)8(12-11)9(13)14/h6-7H,1-5H3,(H,13,14). The second kappa shape index (κ2) is 4.38. The fourth-order valence-corrected chi connectivity index (χ4v) is 1.59. The van der Waals surface area contributed by atoms with Gasteiger partial charge in [0.15, 0.2) is 0 Å². The van der Waals surface area contributed by atoms with Crippen LogP contribution in [-0.2, 0) is 4.79 Å². The Morgan fingerprint density at radius 2 is 1.64 bits per heavy atom. The predicted octanol–water partition coefficient (Wildman–Crippen LogP) is 2.06. The SMILES string of the molecule is CC(C)C(C)(C(=[N+]=[N-])C(=O)O)C(C)C. The molecule has 0 spiro atoms. The lowest BCUT2D eigenvalue weighted by Gasteiger charge is -2.31. The highest BCUT2D eigenvalue weighted by molar-refractivity contribution is 6.35. The number of hydrogen-bond acceptors (Lipinski definition) is 1.